The van der Waals surface area contributed by atoms with Crippen LogP contribution >= 0.6 is 0 Å². The molecule has 3 rings (SSSR count). The number of carbonyl (C=O) groups is 2. The number of benzene rings is 1. The molecule has 2 aliphatic heterocycles. The highest BCUT2D eigenvalue weighted by molar-refractivity contribution is 6.22. The number of nitrogens with zero attached hydrogens (tertiary/aromatic N) is 2. The summed E-state index contributed by atoms with van der Waals surface area (Å²) in [5, 5.41) is 3.24. The maximum atomic E-state index is 12.5. The van der Waals surface area contributed by atoms with Crippen LogP contribution in [0.3, 0.4) is 0 Å². The van der Waals surface area contributed by atoms with E-state index in [1.54, 1.807) is 0 Å². The summed E-state index contributed by atoms with van der Waals surface area (Å²) in [6.07, 6.45) is 1.20. The van der Waals surface area contributed by atoms with E-state index < -0.39 is 6.04 Å². The Kier molecular flexibility index (Phi) is 5.60. The van der Waals surface area contributed by atoms with E-state index in [4.69, 9.17) is 4.74 Å². The first-order valence-electron chi connectivity index (χ1n) is 8.62. The van der Waals surface area contributed by atoms with E-state index in [1.807, 2.05) is 31.2 Å². The number of amides is 2. The molecule has 2 aliphatic rings. The van der Waals surface area contributed by atoms with Gasteiger partial charge >= 0.3 is 0 Å². The van der Waals surface area contributed by atoms with Crippen LogP contribution in [0.25, 0.3) is 0 Å². The van der Waals surface area contributed by atoms with Gasteiger partial charge in [-0.3, -0.25) is 14.5 Å². The average Bonchev–Trinajstić information content (AvgIpc) is 2.88. The third kappa shape index (κ3) is 4.01. The van der Waals surface area contributed by atoms with E-state index in [0.717, 1.165) is 51.4 Å². The van der Waals surface area contributed by atoms with Gasteiger partial charge in [0.15, 0.2) is 0 Å². The van der Waals surface area contributed by atoms with Gasteiger partial charge in [-0.25, -0.2) is 4.90 Å². The van der Waals surface area contributed by atoms with Crippen LogP contribution in [0.15, 0.2) is 24.3 Å². The minimum absolute atomic E-state index is 0.130. The number of hydrogen-bond acceptors (Lipinski definition) is 5. The molecule has 0 aromatic heterocycles. The lowest BCUT2D eigenvalue weighted by atomic mass is 10.2. The monoisotopic (exact) mass is 331 g/mol. The zero-order chi connectivity index (χ0) is 16.9. The summed E-state index contributed by atoms with van der Waals surface area (Å²) in [5.41, 5.74) is 1.77. The van der Waals surface area contributed by atoms with Crippen LogP contribution < -0.4 is 10.2 Å². The number of nitrogens with one attached hydrogen (secondary N) is 1. The molecule has 0 spiro atoms. The molecular weight excluding hydrogens is 306 g/mol. The summed E-state index contributed by atoms with van der Waals surface area (Å²) in [4.78, 5) is 28.4. The molecule has 1 aromatic rings. The topological polar surface area (TPSA) is 61.9 Å². The maximum Gasteiger partial charge on any atom is 0.251 e. The normalized spacial score (nSPS) is 22.4. The molecule has 0 radical (unpaired) electrons. The van der Waals surface area contributed by atoms with Crippen LogP contribution in [0.5, 0.6) is 0 Å². The summed E-state index contributed by atoms with van der Waals surface area (Å²) in [6.45, 7) is 7.26. The molecule has 6 heteroatoms. The van der Waals surface area contributed by atoms with Crippen LogP contribution in [0.4, 0.5) is 5.69 Å². The highest BCUT2D eigenvalue weighted by Crippen LogP contribution is 2.23. The molecule has 2 saturated heterocycles. The van der Waals surface area contributed by atoms with Gasteiger partial charge in [0, 0.05) is 13.1 Å². The number of anilines is 1. The zero-order valence-electron chi connectivity index (χ0n) is 14.2. The number of rotatable bonds is 6. The van der Waals surface area contributed by atoms with E-state index >= 15 is 0 Å². The number of ether oxygens (including phenoxy) is 1. The Bertz CT molecular complexity index is 582. The average molecular weight is 331 g/mol. The van der Waals surface area contributed by atoms with Crippen molar-refractivity contribution in [1.29, 1.82) is 0 Å². The minimum Gasteiger partial charge on any atom is -0.379 e. The highest BCUT2D eigenvalue weighted by atomic mass is 16.5. The molecular formula is C18H25N3O3. The molecule has 24 heavy (non-hydrogen) atoms. The Morgan fingerprint density at radius 3 is 2.58 bits per heavy atom. The van der Waals surface area contributed by atoms with Gasteiger partial charge in [-0.1, -0.05) is 17.7 Å². The summed E-state index contributed by atoms with van der Waals surface area (Å²) in [6, 6.07) is 7.08. The second-order valence-corrected chi connectivity index (χ2v) is 6.42. The smallest absolute Gasteiger partial charge is 0.251 e. The largest absolute Gasteiger partial charge is 0.379 e. The number of morpholine rings is 1. The van der Waals surface area contributed by atoms with Crippen molar-refractivity contribution in [2.24, 2.45) is 0 Å². The third-order valence-electron chi connectivity index (χ3n) is 4.58. The molecule has 1 atom stereocenters. The standard InChI is InChI=1S/C18H25N3O3/c1-14-3-5-15(6-4-14)21-17(22)13-16(18(21)23)19-7-2-8-20-9-11-24-12-10-20/h3-6,16,19H,2,7-13H2,1H3/t16-/m1/s1. The Labute approximate surface area is 142 Å². The first kappa shape index (κ1) is 17.1. The third-order valence-corrected chi connectivity index (χ3v) is 4.58. The summed E-state index contributed by atoms with van der Waals surface area (Å²) >= 11 is 0. The van der Waals surface area contributed by atoms with Gasteiger partial charge < -0.3 is 10.1 Å². The van der Waals surface area contributed by atoms with Gasteiger partial charge in [-0.15, -0.1) is 0 Å². The molecule has 130 valence electrons. The number of hydrogen-bond donors (Lipinski definition) is 1. The molecule has 0 saturated carbocycles. The Morgan fingerprint density at radius 1 is 1.17 bits per heavy atom. The highest BCUT2D eigenvalue weighted by Gasteiger charge is 2.39. The molecule has 0 unspecified atom stereocenters. The molecule has 6 nitrogen and oxygen atoms in total. The SMILES string of the molecule is Cc1ccc(N2C(=O)C[C@@H](NCCCN3CCOCC3)C2=O)cc1. The first-order chi connectivity index (χ1) is 11.6. The lowest BCUT2D eigenvalue weighted by molar-refractivity contribution is -0.121. The van der Waals surface area contributed by atoms with E-state index in [0.29, 0.717) is 5.69 Å². The predicted octanol–water partition coefficient (Wildman–Crippen LogP) is 0.939. The fraction of sp³-hybridized carbons (Fsp3) is 0.556. The van der Waals surface area contributed by atoms with Crippen molar-refractivity contribution >= 4 is 17.5 Å². The van der Waals surface area contributed by atoms with E-state index in [9.17, 15) is 9.59 Å². The van der Waals surface area contributed by atoms with Gasteiger partial charge in [0.2, 0.25) is 5.91 Å². The summed E-state index contributed by atoms with van der Waals surface area (Å²) < 4.78 is 5.33. The molecule has 2 fully saturated rings. The minimum atomic E-state index is -0.400. The molecule has 1 aromatic carbocycles. The molecule has 0 aliphatic carbocycles. The van der Waals surface area contributed by atoms with Crippen molar-refractivity contribution in [3.05, 3.63) is 29.8 Å². The van der Waals surface area contributed by atoms with Gasteiger partial charge in [-0.05, 0) is 38.6 Å². The molecule has 2 amide bonds. The van der Waals surface area contributed by atoms with Crippen molar-refractivity contribution in [1.82, 2.24) is 10.2 Å². The molecule has 2 heterocycles. The second kappa shape index (κ2) is 7.88. The maximum absolute atomic E-state index is 12.5. The fourth-order valence-corrected chi connectivity index (χ4v) is 3.16. The number of aryl methyl sites for hydroxylation is 1. The first-order valence-corrected chi connectivity index (χ1v) is 8.62. The van der Waals surface area contributed by atoms with E-state index in [1.165, 1.54) is 4.90 Å². The van der Waals surface area contributed by atoms with Crippen molar-refractivity contribution in [3.8, 4) is 0 Å². The number of carbonyl (C=O) groups excluding carboxylic acids is 2. The second-order valence-electron chi connectivity index (χ2n) is 6.42. The zero-order valence-corrected chi connectivity index (χ0v) is 14.2. The van der Waals surface area contributed by atoms with E-state index in [2.05, 4.69) is 10.2 Å². The Morgan fingerprint density at radius 2 is 1.88 bits per heavy atom. The fourth-order valence-electron chi connectivity index (χ4n) is 3.16. The Hall–Kier alpha value is -1.76. The van der Waals surface area contributed by atoms with Crippen LogP contribution in [0.2, 0.25) is 0 Å². The van der Waals surface area contributed by atoms with Crippen LogP contribution in [-0.2, 0) is 14.3 Å². The van der Waals surface area contributed by atoms with E-state index in [-0.39, 0.29) is 18.2 Å². The molecule has 1 N–H and O–H groups in total. The van der Waals surface area contributed by atoms with Crippen LogP contribution in [0, 0.1) is 6.92 Å². The summed E-state index contributed by atoms with van der Waals surface area (Å²) in [5.74, 6) is -0.273. The van der Waals surface area contributed by atoms with Crippen molar-refractivity contribution < 1.29 is 14.3 Å². The van der Waals surface area contributed by atoms with Crippen LogP contribution in [0.1, 0.15) is 18.4 Å². The Balaban J connectivity index is 1.48. The van der Waals surface area contributed by atoms with Crippen molar-refractivity contribution in [2.75, 3.05) is 44.3 Å². The van der Waals surface area contributed by atoms with Gasteiger partial charge in [-0.2, -0.15) is 0 Å². The lowest BCUT2D eigenvalue weighted by Crippen LogP contribution is -2.41. The van der Waals surface area contributed by atoms with Gasteiger partial charge in [0.05, 0.1) is 31.4 Å². The van der Waals surface area contributed by atoms with Gasteiger partial charge in [0.1, 0.15) is 0 Å². The summed E-state index contributed by atoms with van der Waals surface area (Å²) in [7, 11) is 0. The van der Waals surface area contributed by atoms with Crippen molar-refractivity contribution in [2.45, 2.75) is 25.8 Å². The van der Waals surface area contributed by atoms with Gasteiger partial charge in [0.25, 0.3) is 5.91 Å². The quantitative estimate of drug-likeness (QED) is 0.621. The number of imide groups is 1. The van der Waals surface area contributed by atoms with Crippen molar-refractivity contribution in [3.63, 3.8) is 0 Å². The van der Waals surface area contributed by atoms with Crippen LogP contribution in [-0.4, -0.2) is 62.1 Å². The molecule has 0 bridgehead atoms. The lowest BCUT2D eigenvalue weighted by Gasteiger charge is -2.26. The predicted molar refractivity (Wildman–Crippen MR) is 92.0 cm³/mol.